The van der Waals surface area contributed by atoms with Gasteiger partial charge < -0.3 is 4.98 Å². The fourth-order valence-electron chi connectivity index (χ4n) is 2.91. The largest absolute Gasteiger partial charge is 0.322 e. The predicted octanol–water partition coefficient (Wildman–Crippen LogP) is 3.48. The number of aromatic nitrogens is 1. The van der Waals surface area contributed by atoms with E-state index < -0.39 is 0 Å². The molecule has 1 aromatic heterocycles. The van der Waals surface area contributed by atoms with Gasteiger partial charge in [-0.3, -0.25) is 4.79 Å². The van der Waals surface area contributed by atoms with Gasteiger partial charge in [-0.2, -0.15) is 0 Å². The molecule has 1 aliphatic carbocycles. The number of nitrogens with one attached hydrogen (secondary N) is 1. The maximum absolute atomic E-state index is 11.8. The van der Waals surface area contributed by atoms with E-state index in [1.54, 1.807) is 6.07 Å². The van der Waals surface area contributed by atoms with Crippen molar-refractivity contribution in [2.45, 2.75) is 32.1 Å². The molecule has 0 amide bonds. The molecule has 0 radical (unpaired) electrons. The Bertz CT molecular complexity index is 613. The monoisotopic (exact) mass is 239 g/mol. The van der Waals surface area contributed by atoms with Gasteiger partial charge in [-0.05, 0) is 41.9 Å². The number of hydrogen-bond donors (Lipinski definition) is 1. The van der Waals surface area contributed by atoms with E-state index in [4.69, 9.17) is 0 Å². The van der Waals surface area contributed by atoms with Gasteiger partial charge in [0.25, 0.3) is 0 Å². The van der Waals surface area contributed by atoms with Gasteiger partial charge in [-0.25, -0.2) is 0 Å². The van der Waals surface area contributed by atoms with Crippen molar-refractivity contribution < 1.29 is 0 Å². The zero-order chi connectivity index (χ0) is 12.5. The van der Waals surface area contributed by atoms with Gasteiger partial charge in [-0.1, -0.05) is 37.3 Å². The topological polar surface area (TPSA) is 32.9 Å². The summed E-state index contributed by atoms with van der Waals surface area (Å²) in [5.41, 5.74) is 4.72. The third kappa shape index (κ3) is 1.88. The van der Waals surface area contributed by atoms with E-state index in [0.717, 1.165) is 17.7 Å². The summed E-state index contributed by atoms with van der Waals surface area (Å²) in [4.78, 5) is 14.8. The van der Waals surface area contributed by atoms with Gasteiger partial charge in [0.05, 0.1) is 5.69 Å². The van der Waals surface area contributed by atoms with Gasteiger partial charge >= 0.3 is 0 Å². The molecular formula is C16H17NO. The quantitative estimate of drug-likeness (QED) is 0.812. The first kappa shape index (κ1) is 11.3. The molecule has 2 heteroatoms. The van der Waals surface area contributed by atoms with Crippen molar-refractivity contribution in [3.63, 3.8) is 0 Å². The van der Waals surface area contributed by atoms with Crippen LogP contribution in [0.1, 0.15) is 36.8 Å². The van der Waals surface area contributed by atoms with Crippen molar-refractivity contribution in [2.75, 3.05) is 0 Å². The molecule has 1 unspecified atom stereocenters. The number of benzene rings is 1. The van der Waals surface area contributed by atoms with Crippen LogP contribution in [0.25, 0.3) is 11.3 Å². The first-order valence-electron chi connectivity index (χ1n) is 6.57. The summed E-state index contributed by atoms with van der Waals surface area (Å²) in [6.45, 7) is 2.21. The molecule has 1 heterocycles. The van der Waals surface area contributed by atoms with E-state index in [-0.39, 0.29) is 5.56 Å². The van der Waals surface area contributed by atoms with Crippen molar-refractivity contribution in [3.8, 4) is 11.3 Å². The highest BCUT2D eigenvalue weighted by molar-refractivity contribution is 5.65. The molecule has 3 rings (SSSR count). The van der Waals surface area contributed by atoms with E-state index in [1.807, 2.05) is 18.2 Å². The van der Waals surface area contributed by atoms with Crippen molar-refractivity contribution in [2.24, 2.45) is 0 Å². The molecule has 18 heavy (non-hydrogen) atoms. The molecule has 1 N–H and O–H groups in total. The normalized spacial score (nSPS) is 18.4. The van der Waals surface area contributed by atoms with Crippen LogP contribution in [0.4, 0.5) is 0 Å². The molecule has 92 valence electrons. The number of H-pyrrole nitrogens is 1. The molecule has 0 spiro atoms. The lowest BCUT2D eigenvalue weighted by Crippen LogP contribution is -2.16. The summed E-state index contributed by atoms with van der Waals surface area (Å²) < 4.78 is 0. The highest BCUT2D eigenvalue weighted by Crippen LogP contribution is 2.34. The molecule has 0 saturated carbocycles. The van der Waals surface area contributed by atoms with Crippen LogP contribution in [0, 0.1) is 0 Å². The highest BCUT2D eigenvalue weighted by Gasteiger charge is 2.20. The van der Waals surface area contributed by atoms with Crippen LogP contribution < -0.4 is 5.56 Å². The molecule has 0 aliphatic heterocycles. The van der Waals surface area contributed by atoms with Gasteiger partial charge in [0.1, 0.15) is 0 Å². The van der Waals surface area contributed by atoms with Crippen molar-refractivity contribution in [1.82, 2.24) is 4.98 Å². The van der Waals surface area contributed by atoms with E-state index in [9.17, 15) is 4.79 Å². The fourth-order valence-corrected chi connectivity index (χ4v) is 2.91. The molecule has 2 nitrogen and oxygen atoms in total. The van der Waals surface area contributed by atoms with Crippen LogP contribution in [0.15, 0.2) is 41.2 Å². The Hall–Kier alpha value is -1.83. The van der Waals surface area contributed by atoms with E-state index >= 15 is 0 Å². The number of fused-ring (bicyclic) bond motifs is 1. The molecule has 0 bridgehead atoms. The summed E-state index contributed by atoms with van der Waals surface area (Å²) >= 11 is 0. The number of hydrogen-bond acceptors (Lipinski definition) is 1. The zero-order valence-corrected chi connectivity index (χ0v) is 10.6. The first-order valence-corrected chi connectivity index (χ1v) is 6.57. The predicted molar refractivity (Wildman–Crippen MR) is 73.9 cm³/mol. The van der Waals surface area contributed by atoms with Crippen LogP contribution in [0.2, 0.25) is 0 Å². The molecular weight excluding hydrogens is 222 g/mol. The Morgan fingerprint density at radius 1 is 1.22 bits per heavy atom. The lowest BCUT2D eigenvalue weighted by molar-refractivity contribution is 0.588. The number of aromatic amines is 1. The third-order valence-electron chi connectivity index (χ3n) is 3.84. The van der Waals surface area contributed by atoms with Crippen molar-refractivity contribution >= 4 is 0 Å². The van der Waals surface area contributed by atoms with Gasteiger partial charge in [0.2, 0.25) is 5.56 Å². The maximum atomic E-state index is 11.8. The average Bonchev–Trinajstić information content (AvgIpc) is 2.40. The molecule has 1 aliphatic rings. The Morgan fingerprint density at radius 3 is 2.78 bits per heavy atom. The van der Waals surface area contributed by atoms with Crippen LogP contribution in [0.3, 0.4) is 0 Å². The molecule has 1 aromatic carbocycles. The van der Waals surface area contributed by atoms with E-state index in [2.05, 4.69) is 24.0 Å². The van der Waals surface area contributed by atoms with Crippen molar-refractivity contribution in [1.29, 1.82) is 0 Å². The SMILES string of the molecule is CC1CCCc2c1cc(=O)[nH]c2-c1ccccc1. The molecule has 1 atom stereocenters. The molecule has 2 aromatic rings. The first-order chi connectivity index (χ1) is 8.75. The van der Waals surface area contributed by atoms with Crippen LogP contribution in [-0.4, -0.2) is 4.98 Å². The summed E-state index contributed by atoms with van der Waals surface area (Å²) in [6.07, 6.45) is 3.46. The zero-order valence-electron chi connectivity index (χ0n) is 10.6. The third-order valence-corrected chi connectivity index (χ3v) is 3.84. The van der Waals surface area contributed by atoms with Crippen LogP contribution in [0.5, 0.6) is 0 Å². The van der Waals surface area contributed by atoms with Gasteiger partial charge in [0.15, 0.2) is 0 Å². The van der Waals surface area contributed by atoms with Gasteiger partial charge in [0, 0.05) is 6.07 Å². The van der Waals surface area contributed by atoms with Crippen molar-refractivity contribution in [3.05, 3.63) is 57.9 Å². The lowest BCUT2D eigenvalue weighted by atomic mass is 9.82. The Kier molecular flexibility index (Phi) is 2.78. The second-order valence-electron chi connectivity index (χ2n) is 5.10. The summed E-state index contributed by atoms with van der Waals surface area (Å²) in [6, 6.07) is 11.9. The lowest BCUT2D eigenvalue weighted by Gasteiger charge is -2.24. The van der Waals surface area contributed by atoms with E-state index in [1.165, 1.54) is 24.0 Å². The Morgan fingerprint density at radius 2 is 2.00 bits per heavy atom. The summed E-state index contributed by atoms with van der Waals surface area (Å²) in [5.74, 6) is 0.499. The molecule has 0 saturated heterocycles. The summed E-state index contributed by atoms with van der Waals surface area (Å²) in [7, 11) is 0. The number of pyridine rings is 1. The summed E-state index contributed by atoms with van der Waals surface area (Å²) in [5, 5.41) is 0. The van der Waals surface area contributed by atoms with E-state index in [0.29, 0.717) is 5.92 Å². The Balaban J connectivity index is 2.24. The second-order valence-corrected chi connectivity index (χ2v) is 5.10. The number of rotatable bonds is 1. The Labute approximate surface area is 107 Å². The fraction of sp³-hybridized carbons (Fsp3) is 0.312. The second kappa shape index (κ2) is 4.45. The highest BCUT2D eigenvalue weighted by atomic mass is 16.1. The molecule has 0 fully saturated rings. The standard InChI is InChI=1S/C16H17NO/c1-11-6-5-9-13-14(11)10-15(18)17-16(13)12-7-3-2-4-8-12/h2-4,7-8,10-11H,5-6,9H2,1H3,(H,17,18). The average molecular weight is 239 g/mol. The minimum absolute atomic E-state index is 0.0151. The minimum atomic E-state index is 0.0151. The minimum Gasteiger partial charge on any atom is -0.322 e. The maximum Gasteiger partial charge on any atom is 0.248 e. The van der Waals surface area contributed by atoms with Gasteiger partial charge in [-0.15, -0.1) is 0 Å². The van der Waals surface area contributed by atoms with Crippen LogP contribution in [-0.2, 0) is 6.42 Å². The smallest absolute Gasteiger partial charge is 0.248 e. The van der Waals surface area contributed by atoms with Crippen LogP contribution >= 0.6 is 0 Å².